The van der Waals surface area contributed by atoms with Crippen LogP contribution in [-0.2, 0) is 24.5 Å². The van der Waals surface area contributed by atoms with E-state index in [1.807, 2.05) is 31.2 Å². The van der Waals surface area contributed by atoms with Crippen LogP contribution in [0.2, 0.25) is 0 Å². The van der Waals surface area contributed by atoms with Crippen LogP contribution in [0.1, 0.15) is 44.6 Å². The van der Waals surface area contributed by atoms with E-state index >= 15 is 0 Å². The van der Waals surface area contributed by atoms with Gasteiger partial charge in [-0.05, 0) is 47.7 Å². The van der Waals surface area contributed by atoms with Gasteiger partial charge in [0, 0.05) is 12.1 Å². The van der Waals surface area contributed by atoms with Gasteiger partial charge in [-0.25, -0.2) is 9.78 Å². The third kappa shape index (κ3) is 5.92. The predicted octanol–water partition coefficient (Wildman–Crippen LogP) is 3.73. The van der Waals surface area contributed by atoms with E-state index in [0.717, 1.165) is 16.9 Å². The molecule has 35 heavy (non-hydrogen) atoms. The minimum Gasteiger partial charge on any atom is -0.494 e. The fourth-order valence-corrected chi connectivity index (χ4v) is 4.35. The number of ether oxygens (including phenoxy) is 2. The van der Waals surface area contributed by atoms with Crippen molar-refractivity contribution in [1.82, 2.24) is 15.3 Å². The third-order valence-electron chi connectivity index (χ3n) is 5.12. The molecule has 0 saturated carbocycles. The van der Waals surface area contributed by atoms with Gasteiger partial charge in [-0.3, -0.25) is 9.59 Å². The molecule has 0 fully saturated rings. The molecule has 10 heteroatoms. The first-order valence-electron chi connectivity index (χ1n) is 10.8. The Morgan fingerprint density at radius 3 is 2.66 bits per heavy atom. The molecule has 2 aromatic carbocycles. The Labute approximate surface area is 204 Å². The van der Waals surface area contributed by atoms with E-state index in [9.17, 15) is 14.4 Å². The molecule has 0 aliphatic carbocycles. The summed E-state index contributed by atoms with van der Waals surface area (Å²) in [6, 6.07) is 13.8. The van der Waals surface area contributed by atoms with Crippen LogP contribution in [0.5, 0.6) is 5.75 Å². The lowest BCUT2D eigenvalue weighted by molar-refractivity contribution is 0.0696. The average Bonchev–Trinajstić information content (AvgIpc) is 3.27. The van der Waals surface area contributed by atoms with Gasteiger partial charge in [-0.2, -0.15) is 0 Å². The van der Waals surface area contributed by atoms with Crippen molar-refractivity contribution in [2.24, 2.45) is 0 Å². The van der Waals surface area contributed by atoms with Crippen molar-refractivity contribution in [3.05, 3.63) is 92.3 Å². The number of H-pyrrole nitrogens is 1. The highest BCUT2D eigenvalue weighted by Crippen LogP contribution is 2.22. The Balaban J connectivity index is 1.39. The predicted molar refractivity (Wildman–Crippen MR) is 131 cm³/mol. The molecule has 180 valence electrons. The van der Waals surface area contributed by atoms with Crippen LogP contribution in [0.15, 0.2) is 58.7 Å². The first kappa shape index (κ1) is 24.1. The molecular weight excluding hydrogens is 470 g/mol. The second-order valence-corrected chi connectivity index (χ2v) is 8.47. The number of carboxylic acids is 1. The average molecular weight is 494 g/mol. The number of fused-ring (bicyclic) bond motifs is 1. The van der Waals surface area contributed by atoms with Gasteiger partial charge in [-0.15, -0.1) is 11.3 Å². The minimum atomic E-state index is -0.988. The molecule has 2 heterocycles. The largest absolute Gasteiger partial charge is 0.494 e. The highest BCUT2D eigenvalue weighted by Gasteiger charge is 2.16. The lowest BCUT2D eigenvalue weighted by atomic mass is 10.1. The maximum atomic E-state index is 12.7. The summed E-state index contributed by atoms with van der Waals surface area (Å²) < 4.78 is 11.2. The molecular formula is C25H23N3O6S. The number of carboxylic acid groups (broad SMARTS) is 1. The highest BCUT2D eigenvalue weighted by molar-refractivity contribution is 7.16. The second kappa shape index (κ2) is 10.9. The number of aromatic carboxylic acids is 1. The van der Waals surface area contributed by atoms with Gasteiger partial charge in [0.1, 0.15) is 10.6 Å². The maximum Gasteiger partial charge on any atom is 0.335 e. The number of hydrogen-bond donors (Lipinski definition) is 3. The number of hydrogen-bond acceptors (Lipinski definition) is 7. The van der Waals surface area contributed by atoms with Crippen molar-refractivity contribution < 1.29 is 24.2 Å². The van der Waals surface area contributed by atoms with Crippen molar-refractivity contribution in [3.63, 3.8) is 0 Å². The Kier molecular flexibility index (Phi) is 7.54. The zero-order chi connectivity index (χ0) is 24.8. The number of thiophene rings is 1. The number of aromatic nitrogens is 2. The van der Waals surface area contributed by atoms with Gasteiger partial charge in [0.15, 0.2) is 0 Å². The number of carbonyl (C=O) groups excluding carboxylic acids is 1. The number of rotatable bonds is 10. The summed E-state index contributed by atoms with van der Waals surface area (Å²) >= 11 is 1.26. The number of nitrogens with zero attached hydrogens (tertiary/aromatic N) is 1. The molecule has 2 aromatic heterocycles. The Morgan fingerprint density at radius 1 is 1.11 bits per heavy atom. The van der Waals surface area contributed by atoms with E-state index in [1.54, 1.807) is 17.5 Å². The van der Waals surface area contributed by atoms with E-state index in [0.29, 0.717) is 22.4 Å². The molecule has 0 radical (unpaired) electrons. The molecule has 0 saturated heterocycles. The van der Waals surface area contributed by atoms with E-state index in [2.05, 4.69) is 15.3 Å². The van der Waals surface area contributed by atoms with Gasteiger partial charge in [0.05, 0.1) is 30.8 Å². The summed E-state index contributed by atoms with van der Waals surface area (Å²) in [4.78, 5) is 43.6. The Bertz CT molecular complexity index is 1410. The van der Waals surface area contributed by atoms with Crippen molar-refractivity contribution >= 4 is 33.4 Å². The number of benzene rings is 2. The fourth-order valence-electron chi connectivity index (χ4n) is 3.42. The van der Waals surface area contributed by atoms with E-state index in [4.69, 9.17) is 14.6 Å². The summed E-state index contributed by atoms with van der Waals surface area (Å²) in [5.74, 6) is -0.811. The number of carbonyl (C=O) groups is 2. The van der Waals surface area contributed by atoms with E-state index in [-0.39, 0.29) is 31.1 Å². The second-order valence-electron chi connectivity index (χ2n) is 7.61. The van der Waals surface area contributed by atoms with Crippen molar-refractivity contribution in [1.29, 1.82) is 0 Å². The molecule has 0 unspecified atom stereocenters. The monoisotopic (exact) mass is 493 g/mol. The van der Waals surface area contributed by atoms with Crippen LogP contribution in [0, 0.1) is 0 Å². The molecule has 3 N–H and O–H groups in total. The summed E-state index contributed by atoms with van der Waals surface area (Å²) in [5.41, 5.74) is 2.13. The first-order chi connectivity index (χ1) is 16.9. The summed E-state index contributed by atoms with van der Waals surface area (Å²) in [6.45, 7) is 3.14. The van der Waals surface area contributed by atoms with Crippen LogP contribution in [-0.4, -0.2) is 33.6 Å². The molecule has 4 aromatic rings. The molecule has 0 atom stereocenters. The topological polar surface area (TPSA) is 131 Å². The van der Waals surface area contributed by atoms with Gasteiger partial charge in [0.2, 0.25) is 5.82 Å². The van der Waals surface area contributed by atoms with Crippen molar-refractivity contribution in [3.8, 4) is 5.75 Å². The SMILES string of the molecule is CCOc1cccc(CNC(=O)c2nc3scc(COCc4ccc(C(=O)O)cc4)c3c(=O)[nH]2)c1. The van der Waals surface area contributed by atoms with Crippen LogP contribution in [0.4, 0.5) is 0 Å². The van der Waals surface area contributed by atoms with Crippen LogP contribution in [0.3, 0.4) is 0 Å². The first-order valence-corrected chi connectivity index (χ1v) is 11.7. The lowest BCUT2D eigenvalue weighted by Crippen LogP contribution is -2.27. The number of nitrogens with one attached hydrogen (secondary N) is 2. The number of amides is 1. The zero-order valence-electron chi connectivity index (χ0n) is 18.9. The summed E-state index contributed by atoms with van der Waals surface area (Å²) in [7, 11) is 0. The fraction of sp³-hybridized carbons (Fsp3) is 0.200. The Morgan fingerprint density at radius 2 is 1.91 bits per heavy atom. The van der Waals surface area contributed by atoms with Crippen molar-refractivity contribution in [2.45, 2.75) is 26.7 Å². The van der Waals surface area contributed by atoms with Gasteiger partial charge >= 0.3 is 5.97 Å². The summed E-state index contributed by atoms with van der Waals surface area (Å²) in [5, 5.41) is 13.9. The molecule has 0 spiro atoms. The van der Waals surface area contributed by atoms with Gasteiger partial charge in [0.25, 0.3) is 11.5 Å². The van der Waals surface area contributed by atoms with E-state index < -0.39 is 17.4 Å². The minimum absolute atomic E-state index is 0.0590. The van der Waals surface area contributed by atoms with Crippen LogP contribution < -0.4 is 15.6 Å². The smallest absolute Gasteiger partial charge is 0.335 e. The molecule has 1 amide bonds. The Hall–Kier alpha value is -4.02. The summed E-state index contributed by atoms with van der Waals surface area (Å²) in [6.07, 6.45) is 0. The van der Waals surface area contributed by atoms with Crippen LogP contribution in [0.25, 0.3) is 10.2 Å². The molecule has 9 nitrogen and oxygen atoms in total. The number of aromatic amines is 1. The van der Waals surface area contributed by atoms with Crippen LogP contribution >= 0.6 is 11.3 Å². The van der Waals surface area contributed by atoms with Crippen molar-refractivity contribution in [2.75, 3.05) is 6.61 Å². The third-order valence-corrected chi connectivity index (χ3v) is 6.05. The standard InChI is InChI=1S/C25H23N3O6S/c1-2-34-19-5-3-4-16(10-19)11-26-23(30)21-27-22(29)20-18(14-35-24(20)28-21)13-33-12-15-6-8-17(9-7-15)25(31)32/h3-10,14H,2,11-13H2,1H3,(H,26,30)(H,31,32)(H,27,28,29). The molecule has 0 aliphatic heterocycles. The molecule has 0 aliphatic rings. The maximum absolute atomic E-state index is 12.7. The molecule has 0 bridgehead atoms. The normalized spacial score (nSPS) is 10.9. The highest BCUT2D eigenvalue weighted by atomic mass is 32.1. The quantitative estimate of drug-likeness (QED) is 0.307. The molecule has 4 rings (SSSR count). The van der Waals surface area contributed by atoms with Gasteiger partial charge in [-0.1, -0.05) is 24.3 Å². The lowest BCUT2D eigenvalue weighted by Gasteiger charge is -2.08. The van der Waals surface area contributed by atoms with Gasteiger partial charge < -0.3 is 24.9 Å². The zero-order valence-corrected chi connectivity index (χ0v) is 19.7. The van der Waals surface area contributed by atoms with E-state index in [1.165, 1.54) is 23.5 Å².